The highest BCUT2D eigenvalue weighted by atomic mass is 32.2. The van der Waals surface area contributed by atoms with E-state index in [1.807, 2.05) is 0 Å². The van der Waals surface area contributed by atoms with Crippen LogP contribution >= 0.6 is 0 Å². The highest BCUT2D eigenvalue weighted by Crippen LogP contribution is 2.06. The molecule has 0 radical (unpaired) electrons. The largest absolute Gasteiger partial charge is 0.409 e. The molecule has 0 aliphatic heterocycles. The zero-order chi connectivity index (χ0) is 11.4. The van der Waals surface area contributed by atoms with Crippen molar-refractivity contribution >= 4 is 15.9 Å². The minimum Gasteiger partial charge on any atom is -0.409 e. The van der Waals surface area contributed by atoms with Gasteiger partial charge in [0.1, 0.15) is 0 Å². The Morgan fingerprint density at radius 1 is 1.57 bits per heavy atom. The van der Waals surface area contributed by atoms with Crippen LogP contribution in [-0.4, -0.2) is 42.1 Å². The Hall–Kier alpha value is -0.820. The third-order valence-corrected chi connectivity index (χ3v) is 3.74. The van der Waals surface area contributed by atoms with Crippen molar-refractivity contribution in [1.29, 1.82) is 0 Å². The van der Waals surface area contributed by atoms with Gasteiger partial charge in [0.25, 0.3) is 0 Å². The molecule has 0 fully saturated rings. The van der Waals surface area contributed by atoms with Crippen molar-refractivity contribution in [1.82, 2.24) is 4.31 Å². The fourth-order valence-corrected chi connectivity index (χ4v) is 2.26. The molecule has 0 rings (SSSR count). The maximum Gasteiger partial charge on any atom is 0.214 e. The number of nitrogens with zero attached hydrogens (tertiary/aromatic N) is 2. The predicted molar refractivity (Wildman–Crippen MR) is 54.7 cm³/mol. The highest BCUT2D eigenvalue weighted by molar-refractivity contribution is 7.89. The Labute approximate surface area is 84.4 Å². The van der Waals surface area contributed by atoms with Crippen molar-refractivity contribution in [3.63, 3.8) is 0 Å². The molecule has 0 saturated heterocycles. The monoisotopic (exact) mass is 223 g/mol. The van der Waals surface area contributed by atoms with Crippen LogP contribution in [0.3, 0.4) is 0 Å². The van der Waals surface area contributed by atoms with Crippen molar-refractivity contribution in [3.05, 3.63) is 0 Å². The summed E-state index contributed by atoms with van der Waals surface area (Å²) in [5.41, 5.74) is 5.26. The first-order chi connectivity index (χ1) is 6.35. The number of hydrogen-bond donors (Lipinski definition) is 2. The van der Waals surface area contributed by atoms with Crippen LogP contribution in [0.25, 0.3) is 0 Å². The van der Waals surface area contributed by atoms with Crippen LogP contribution in [0.4, 0.5) is 0 Å². The van der Waals surface area contributed by atoms with Gasteiger partial charge in [-0.1, -0.05) is 5.16 Å². The smallest absolute Gasteiger partial charge is 0.214 e. The van der Waals surface area contributed by atoms with Crippen LogP contribution in [-0.2, 0) is 10.0 Å². The van der Waals surface area contributed by atoms with E-state index in [1.54, 1.807) is 20.8 Å². The van der Waals surface area contributed by atoms with E-state index in [-0.39, 0.29) is 24.2 Å². The van der Waals surface area contributed by atoms with Gasteiger partial charge in [-0.2, -0.15) is 4.31 Å². The summed E-state index contributed by atoms with van der Waals surface area (Å²) >= 11 is 0. The summed E-state index contributed by atoms with van der Waals surface area (Å²) in [6.07, 6.45) is 0. The zero-order valence-electron chi connectivity index (χ0n) is 8.64. The average molecular weight is 223 g/mol. The second-order valence-electron chi connectivity index (χ2n) is 3.13. The van der Waals surface area contributed by atoms with E-state index in [1.165, 1.54) is 4.31 Å². The molecule has 0 aromatic carbocycles. The van der Waals surface area contributed by atoms with Crippen LogP contribution in [0, 0.1) is 0 Å². The van der Waals surface area contributed by atoms with Gasteiger partial charge >= 0.3 is 0 Å². The fourth-order valence-electron chi connectivity index (χ4n) is 0.959. The number of rotatable bonds is 5. The molecule has 6 nitrogen and oxygen atoms in total. The van der Waals surface area contributed by atoms with E-state index in [9.17, 15) is 8.42 Å². The predicted octanol–water partition coefficient (Wildman–Crippen LogP) is -0.207. The molecule has 0 amide bonds. The van der Waals surface area contributed by atoms with Gasteiger partial charge in [0.05, 0.1) is 12.3 Å². The van der Waals surface area contributed by atoms with E-state index in [0.717, 1.165) is 0 Å². The summed E-state index contributed by atoms with van der Waals surface area (Å²) in [5, 5.41) is 11.1. The Bertz CT molecular complexity index is 297. The lowest BCUT2D eigenvalue weighted by molar-refractivity contribution is 0.312. The molecule has 0 atom stereocenters. The van der Waals surface area contributed by atoms with Crippen molar-refractivity contribution in [2.75, 3.05) is 12.3 Å². The zero-order valence-corrected chi connectivity index (χ0v) is 9.45. The highest BCUT2D eigenvalue weighted by Gasteiger charge is 2.23. The molecule has 0 aliphatic carbocycles. The third kappa shape index (κ3) is 3.51. The second-order valence-corrected chi connectivity index (χ2v) is 5.34. The van der Waals surface area contributed by atoms with Crippen LogP contribution in [0.15, 0.2) is 5.16 Å². The van der Waals surface area contributed by atoms with E-state index in [2.05, 4.69) is 5.16 Å². The maximum absolute atomic E-state index is 11.5. The van der Waals surface area contributed by atoms with Gasteiger partial charge in [0, 0.05) is 6.04 Å². The van der Waals surface area contributed by atoms with Gasteiger partial charge in [0.2, 0.25) is 10.0 Å². The second kappa shape index (κ2) is 5.16. The van der Waals surface area contributed by atoms with Gasteiger partial charge in [-0.3, -0.25) is 0 Å². The molecular formula is C7H17N3O3S. The quantitative estimate of drug-likeness (QED) is 0.292. The van der Waals surface area contributed by atoms with Crippen LogP contribution < -0.4 is 5.73 Å². The van der Waals surface area contributed by atoms with Gasteiger partial charge in [-0.15, -0.1) is 0 Å². The average Bonchev–Trinajstić information content (AvgIpc) is 2.12. The minimum atomic E-state index is -3.30. The standard InChI is InChI=1S/C7H17N3O3S/c1-4-14(12,13)10(6(2)3)5-7(8)9-11/h6,11H,4-5H2,1-3H3,(H2,8,9). The lowest BCUT2D eigenvalue weighted by Crippen LogP contribution is -2.43. The molecule has 0 aromatic rings. The van der Waals surface area contributed by atoms with Gasteiger partial charge in [-0.05, 0) is 20.8 Å². The van der Waals surface area contributed by atoms with Crippen LogP contribution in [0.1, 0.15) is 20.8 Å². The molecule has 0 aliphatic rings. The first-order valence-corrected chi connectivity index (χ1v) is 5.92. The molecule has 3 N–H and O–H groups in total. The number of hydrogen-bond acceptors (Lipinski definition) is 4. The number of oxime groups is 1. The molecule has 0 unspecified atom stereocenters. The third-order valence-electron chi connectivity index (χ3n) is 1.74. The van der Waals surface area contributed by atoms with E-state index in [0.29, 0.717) is 0 Å². The summed E-state index contributed by atoms with van der Waals surface area (Å²) in [6.45, 7) is 4.94. The first kappa shape index (κ1) is 13.2. The molecular weight excluding hydrogens is 206 g/mol. The summed E-state index contributed by atoms with van der Waals surface area (Å²) in [7, 11) is -3.30. The van der Waals surface area contributed by atoms with Crippen LogP contribution in [0.2, 0.25) is 0 Å². The van der Waals surface area contributed by atoms with Crippen molar-refractivity contribution in [2.45, 2.75) is 26.8 Å². The Kier molecular flexibility index (Phi) is 4.86. The van der Waals surface area contributed by atoms with E-state index >= 15 is 0 Å². The SMILES string of the molecule is CCS(=O)(=O)N(CC(N)=NO)C(C)C. The molecule has 0 heterocycles. The Morgan fingerprint density at radius 2 is 2.07 bits per heavy atom. The molecule has 0 bridgehead atoms. The maximum atomic E-state index is 11.5. The molecule has 0 saturated carbocycles. The first-order valence-electron chi connectivity index (χ1n) is 4.31. The lowest BCUT2D eigenvalue weighted by Gasteiger charge is -2.24. The minimum absolute atomic E-state index is 0.00386. The van der Waals surface area contributed by atoms with Crippen molar-refractivity contribution < 1.29 is 13.6 Å². The molecule has 0 spiro atoms. The lowest BCUT2D eigenvalue weighted by atomic mass is 10.4. The van der Waals surface area contributed by atoms with Crippen LogP contribution in [0.5, 0.6) is 0 Å². The molecule has 7 heteroatoms. The van der Waals surface area contributed by atoms with Gasteiger partial charge in [-0.25, -0.2) is 8.42 Å². The summed E-state index contributed by atoms with van der Waals surface area (Å²) < 4.78 is 24.2. The summed E-state index contributed by atoms with van der Waals surface area (Å²) in [5.74, 6) is -0.111. The summed E-state index contributed by atoms with van der Waals surface area (Å²) in [6, 6.07) is -0.208. The number of nitrogens with two attached hydrogens (primary N) is 1. The normalized spacial score (nSPS) is 13.9. The summed E-state index contributed by atoms with van der Waals surface area (Å²) in [4.78, 5) is 0. The van der Waals surface area contributed by atoms with Gasteiger partial charge < -0.3 is 10.9 Å². The van der Waals surface area contributed by atoms with E-state index in [4.69, 9.17) is 10.9 Å². The van der Waals surface area contributed by atoms with Crippen molar-refractivity contribution in [3.8, 4) is 0 Å². The van der Waals surface area contributed by atoms with Gasteiger partial charge in [0.15, 0.2) is 5.84 Å². The van der Waals surface area contributed by atoms with Crippen molar-refractivity contribution in [2.24, 2.45) is 10.9 Å². The van der Waals surface area contributed by atoms with E-state index < -0.39 is 10.0 Å². The fraction of sp³-hybridized carbons (Fsp3) is 0.857. The number of amidine groups is 1. The molecule has 84 valence electrons. The Balaban J connectivity index is 4.80. The Morgan fingerprint density at radius 3 is 2.36 bits per heavy atom. The topological polar surface area (TPSA) is 96.0 Å². The molecule has 14 heavy (non-hydrogen) atoms. The number of sulfonamides is 1. The molecule has 0 aromatic heterocycles.